The lowest BCUT2D eigenvalue weighted by Crippen LogP contribution is -2.45. The van der Waals surface area contributed by atoms with Gasteiger partial charge < -0.3 is 20.0 Å². The number of aromatic nitrogens is 1. The van der Waals surface area contributed by atoms with Gasteiger partial charge >= 0.3 is 0 Å². The minimum absolute atomic E-state index is 0.0743. The summed E-state index contributed by atoms with van der Waals surface area (Å²) < 4.78 is 5.56. The highest BCUT2D eigenvalue weighted by molar-refractivity contribution is 7.10. The van der Waals surface area contributed by atoms with E-state index in [9.17, 15) is 4.79 Å². The number of fused-ring (bicyclic) bond motifs is 1. The second kappa shape index (κ2) is 9.58. The molecule has 2 aromatic heterocycles. The van der Waals surface area contributed by atoms with Gasteiger partial charge in [0.1, 0.15) is 12.0 Å². The number of nitrogens with zero attached hydrogens (tertiary/aromatic N) is 3. The molecular formula is C22H25N5O2S. The van der Waals surface area contributed by atoms with E-state index < -0.39 is 0 Å². The Hall–Kier alpha value is -3.13. The third-order valence-electron chi connectivity index (χ3n) is 4.88. The summed E-state index contributed by atoms with van der Waals surface area (Å²) in [5.74, 6) is 1.24. The van der Waals surface area contributed by atoms with Crippen molar-refractivity contribution in [2.75, 3.05) is 19.6 Å². The van der Waals surface area contributed by atoms with Gasteiger partial charge in [-0.1, -0.05) is 18.2 Å². The maximum atomic E-state index is 12.6. The van der Waals surface area contributed by atoms with E-state index in [2.05, 4.69) is 32.1 Å². The molecule has 156 valence electrons. The third-order valence-corrected chi connectivity index (χ3v) is 5.91. The highest BCUT2D eigenvalue weighted by Crippen LogP contribution is 2.23. The number of oxazole rings is 1. The molecule has 1 aliphatic rings. The molecule has 1 aromatic carbocycles. The van der Waals surface area contributed by atoms with Gasteiger partial charge in [-0.05, 0) is 42.5 Å². The Bertz CT molecular complexity index is 1010. The molecule has 8 heteroatoms. The number of nitrogens with one attached hydrogen (secondary N) is 2. The van der Waals surface area contributed by atoms with Crippen molar-refractivity contribution >= 4 is 23.2 Å². The van der Waals surface area contributed by atoms with E-state index in [-0.39, 0.29) is 12.5 Å². The normalized spacial score (nSPS) is 13.8. The summed E-state index contributed by atoms with van der Waals surface area (Å²) in [5.41, 5.74) is 2.93. The summed E-state index contributed by atoms with van der Waals surface area (Å²) in [7, 11) is 0. The summed E-state index contributed by atoms with van der Waals surface area (Å²) in [6.45, 7) is 4.72. The zero-order valence-corrected chi connectivity index (χ0v) is 17.7. The van der Waals surface area contributed by atoms with Crippen LogP contribution in [0.3, 0.4) is 0 Å². The van der Waals surface area contributed by atoms with Crippen LogP contribution in [0.25, 0.3) is 11.5 Å². The second-order valence-corrected chi connectivity index (χ2v) is 7.99. The number of aliphatic imine (C=N–C) groups is 1. The number of amides is 1. The Morgan fingerprint density at radius 2 is 2.13 bits per heavy atom. The van der Waals surface area contributed by atoms with Crippen molar-refractivity contribution in [3.63, 3.8) is 0 Å². The highest BCUT2D eigenvalue weighted by atomic mass is 32.1. The summed E-state index contributed by atoms with van der Waals surface area (Å²) in [4.78, 5) is 25.0. The van der Waals surface area contributed by atoms with E-state index in [1.54, 1.807) is 17.6 Å². The van der Waals surface area contributed by atoms with Crippen LogP contribution in [0, 0.1) is 0 Å². The van der Waals surface area contributed by atoms with Gasteiger partial charge in [0.05, 0.1) is 13.1 Å². The minimum atomic E-state index is 0.0743. The highest BCUT2D eigenvalue weighted by Gasteiger charge is 2.21. The van der Waals surface area contributed by atoms with Crippen molar-refractivity contribution in [2.45, 2.75) is 26.4 Å². The minimum Gasteiger partial charge on any atom is -0.444 e. The van der Waals surface area contributed by atoms with E-state index in [1.165, 1.54) is 10.4 Å². The molecule has 0 spiro atoms. The number of rotatable bonds is 6. The number of thiophene rings is 1. The average Bonchev–Trinajstić information content (AvgIpc) is 3.45. The molecule has 4 rings (SSSR count). The van der Waals surface area contributed by atoms with E-state index >= 15 is 0 Å². The summed E-state index contributed by atoms with van der Waals surface area (Å²) in [6, 6.07) is 11.9. The van der Waals surface area contributed by atoms with Crippen LogP contribution in [0.1, 0.15) is 23.1 Å². The van der Waals surface area contributed by atoms with E-state index in [0.717, 1.165) is 24.2 Å². The standard InChI is InChI=1S/C22H25N5O2S/c1-2-23-22(24-12-18-15-29-21(26-18)16-6-4-3-5-7-16)25-13-20(28)27-10-8-19-17(14-27)9-11-30-19/h3-7,9,11,15H,2,8,10,12-14H2,1H3,(H2,23,24,25). The van der Waals surface area contributed by atoms with Gasteiger partial charge in [0.25, 0.3) is 0 Å². The number of guanidine groups is 1. The van der Waals surface area contributed by atoms with Crippen molar-refractivity contribution in [3.05, 3.63) is 64.2 Å². The SMILES string of the molecule is CCNC(=NCc1coc(-c2ccccc2)n1)NCC(=O)N1CCc2sccc2C1. The molecule has 0 saturated heterocycles. The van der Waals surface area contributed by atoms with Crippen molar-refractivity contribution in [1.82, 2.24) is 20.5 Å². The molecule has 7 nitrogen and oxygen atoms in total. The molecule has 2 N–H and O–H groups in total. The Morgan fingerprint density at radius 3 is 2.97 bits per heavy atom. The Kier molecular flexibility index (Phi) is 6.44. The third kappa shape index (κ3) is 4.88. The lowest BCUT2D eigenvalue weighted by Gasteiger charge is -2.27. The van der Waals surface area contributed by atoms with Crippen molar-refractivity contribution in [2.24, 2.45) is 4.99 Å². The van der Waals surface area contributed by atoms with Crippen LogP contribution in [0.5, 0.6) is 0 Å². The first kappa shape index (κ1) is 20.2. The second-order valence-electron chi connectivity index (χ2n) is 6.99. The summed E-state index contributed by atoms with van der Waals surface area (Å²) >= 11 is 1.77. The summed E-state index contributed by atoms with van der Waals surface area (Å²) in [6.07, 6.45) is 2.55. The van der Waals surface area contributed by atoms with Crippen LogP contribution < -0.4 is 10.6 Å². The Labute approximate surface area is 179 Å². The molecule has 3 aromatic rings. The van der Waals surface area contributed by atoms with Crippen LogP contribution in [-0.2, 0) is 24.3 Å². The number of benzene rings is 1. The predicted octanol–water partition coefficient (Wildman–Crippen LogP) is 3.04. The van der Waals surface area contributed by atoms with Gasteiger partial charge in [0, 0.05) is 30.1 Å². The largest absolute Gasteiger partial charge is 0.444 e. The zero-order valence-electron chi connectivity index (χ0n) is 16.9. The van der Waals surface area contributed by atoms with Gasteiger partial charge in [-0.15, -0.1) is 11.3 Å². The fraction of sp³-hybridized carbons (Fsp3) is 0.318. The number of carbonyl (C=O) groups excluding carboxylic acids is 1. The smallest absolute Gasteiger partial charge is 0.242 e. The number of hydrogen-bond donors (Lipinski definition) is 2. The molecule has 0 aliphatic carbocycles. The lowest BCUT2D eigenvalue weighted by molar-refractivity contribution is -0.130. The molecule has 1 aliphatic heterocycles. The molecule has 0 unspecified atom stereocenters. The van der Waals surface area contributed by atoms with Crippen LogP contribution >= 0.6 is 11.3 Å². The molecule has 30 heavy (non-hydrogen) atoms. The molecule has 0 saturated carbocycles. The van der Waals surface area contributed by atoms with E-state index in [4.69, 9.17) is 4.42 Å². The van der Waals surface area contributed by atoms with Crippen LogP contribution in [0.4, 0.5) is 0 Å². The van der Waals surface area contributed by atoms with Gasteiger partial charge in [0.15, 0.2) is 5.96 Å². The molecule has 3 heterocycles. The maximum Gasteiger partial charge on any atom is 0.242 e. The topological polar surface area (TPSA) is 82.8 Å². The van der Waals surface area contributed by atoms with Crippen LogP contribution in [-0.4, -0.2) is 41.4 Å². The number of carbonyl (C=O) groups is 1. The monoisotopic (exact) mass is 423 g/mol. The zero-order chi connectivity index (χ0) is 20.8. The molecule has 0 radical (unpaired) electrons. The van der Waals surface area contributed by atoms with Crippen molar-refractivity contribution in [1.29, 1.82) is 0 Å². The molecule has 0 fully saturated rings. The first-order valence-electron chi connectivity index (χ1n) is 10.1. The van der Waals surface area contributed by atoms with Gasteiger partial charge in [-0.25, -0.2) is 9.98 Å². The number of hydrogen-bond acceptors (Lipinski definition) is 5. The molecule has 0 atom stereocenters. The molecule has 1 amide bonds. The molecular weight excluding hydrogens is 398 g/mol. The first-order chi connectivity index (χ1) is 14.7. The lowest BCUT2D eigenvalue weighted by atomic mass is 10.1. The van der Waals surface area contributed by atoms with Crippen LogP contribution in [0.15, 0.2) is 57.5 Å². The quantitative estimate of drug-likeness (QED) is 0.470. The van der Waals surface area contributed by atoms with Gasteiger partial charge in [0.2, 0.25) is 11.8 Å². The van der Waals surface area contributed by atoms with Crippen molar-refractivity contribution in [3.8, 4) is 11.5 Å². The van der Waals surface area contributed by atoms with Crippen molar-refractivity contribution < 1.29 is 9.21 Å². The Balaban J connectivity index is 1.33. The predicted molar refractivity (Wildman–Crippen MR) is 118 cm³/mol. The fourth-order valence-electron chi connectivity index (χ4n) is 3.33. The Morgan fingerprint density at radius 1 is 1.27 bits per heavy atom. The van der Waals surface area contributed by atoms with Gasteiger partial charge in [-0.2, -0.15) is 0 Å². The average molecular weight is 424 g/mol. The fourth-order valence-corrected chi connectivity index (χ4v) is 4.22. The first-order valence-corrected chi connectivity index (χ1v) is 11.0. The maximum absolute atomic E-state index is 12.6. The van der Waals surface area contributed by atoms with Crippen LogP contribution in [0.2, 0.25) is 0 Å². The van der Waals surface area contributed by atoms with E-state index in [1.807, 2.05) is 42.2 Å². The summed E-state index contributed by atoms with van der Waals surface area (Å²) in [5, 5.41) is 8.41. The molecule has 0 bridgehead atoms. The van der Waals surface area contributed by atoms with Gasteiger partial charge in [-0.3, -0.25) is 4.79 Å². The van der Waals surface area contributed by atoms with E-state index in [0.29, 0.717) is 31.5 Å².